The van der Waals surface area contributed by atoms with Gasteiger partial charge in [-0.15, -0.1) is 0 Å². The summed E-state index contributed by atoms with van der Waals surface area (Å²) in [6.07, 6.45) is 0. The van der Waals surface area contributed by atoms with Crippen molar-refractivity contribution in [3.63, 3.8) is 0 Å². The first kappa shape index (κ1) is 22.6. The second kappa shape index (κ2) is 9.52. The van der Waals surface area contributed by atoms with Crippen molar-refractivity contribution in [2.75, 3.05) is 13.8 Å². The lowest BCUT2D eigenvalue weighted by Gasteiger charge is -2.15. The average molecular weight is 486 g/mol. The van der Waals surface area contributed by atoms with Crippen LogP contribution in [0.25, 0.3) is 0 Å². The van der Waals surface area contributed by atoms with Gasteiger partial charge in [0, 0.05) is 15.6 Å². The summed E-state index contributed by atoms with van der Waals surface area (Å²) in [6.45, 7) is -0.337. The van der Waals surface area contributed by atoms with Crippen molar-refractivity contribution in [3.8, 4) is 11.5 Å². The van der Waals surface area contributed by atoms with E-state index in [1.54, 1.807) is 48.5 Å². The highest BCUT2D eigenvalue weighted by atomic mass is 35.5. The van der Waals surface area contributed by atoms with E-state index in [0.29, 0.717) is 21.5 Å². The molecule has 7 nitrogen and oxygen atoms in total. The molecule has 0 radical (unpaired) electrons. The van der Waals surface area contributed by atoms with E-state index in [9.17, 15) is 14.4 Å². The van der Waals surface area contributed by atoms with Gasteiger partial charge in [0.1, 0.15) is 6.61 Å². The van der Waals surface area contributed by atoms with E-state index < -0.39 is 24.5 Å². The SMILES string of the molecule is COc1cc(C(=O)OCN2C(=O)c3ccccc3C2=O)ccc1OCc1ccc(Cl)cc1Cl. The van der Waals surface area contributed by atoms with Gasteiger partial charge in [-0.1, -0.05) is 41.4 Å². The largest absolute Gasteiger partial charge is 0.493 e. The number of nitrogens with zero attached hydrogens (tertiary/aromatic N) is 1. The van der Waals surface area contributed by atoms with Crippen LogP contribution in [0.5, 0.6) is 11.5 Å². The number of halogens is 2. The van der Waals surface area contributed by atoms with Crippen molar-refractivity contribution in [2.24, 2.45) is 0 Å². The van der Waals surface area contributed by atoms with Crippen molar-refractivity contribution < 1.29 is 28.6 Å². The van der Waals surface area contributed by atoms with Gasteiger partial charge in [-0.25, -0.2) is 9.69 Å². The quantitative estimate of drug-likeness (QED) is 0.346. The van der Waals surface area contributed by atoms with Gasteiger partial charge in [-0.3, -0.25) is 9.59 Å². The monoisotopic (exact) mass is 485 g/mol. The van der Waals surface area contributed by atoms with Crippen LogP contribution in [-0.4, -0.2) is 36.5 Å². The van der Waals surface area contributed by atoms with Gasteiger partial charge in [-0.05, 0) is 42.5 Å². The number of ether oxygens (including phenoxy) is 3. The zero-order valence-corrected chi connectivity index (χ0v) is 18.9. The third-order valence-electron chi connectivity index (χ3n) is 5.00. The number of amides is 2. The molecule has 33 heavy (non-hydrogen) atoms. The summed E-state index contributed by atoms with van der Waals surface area (Å²) >= 11 is 12.1. The minimum Gasteiger partial charge on any atom is -0.493 e. The van der Waals surface area contributed by atoms with Crippen molar-refractivity contribution in [1.82, 2.24) is 4.90 Å². The first-order chi connectivity index (χ1) is 15.9. The maximum Gasteiger partial charge on any atom is 0.340 e. The van der Waals surface area contributed by atoms with Gasteiger partial charge >= 0.3 is 5.97 Å². The molecule has 0 fully saturated rings. The van der Waals surface area contributed by atoms with Crippen molar-refractivity contribution in [1.29, 1.82) is 0 Å². The maximum absolute atomic E-state index is 12.5. The van der Waals surface area contributed by atoms with Crippen LogP contribution < -0.4 is 9.47 Å². The van der Waals surface area contributed by atoms with E-state index in [1.807, 2.05) is 0 Å². The predicted octanol–water partition coefficient (Wildman–Crippen LogP) is 4.99. The van der Waals surface area contributed by atoms with Crippen LogP contribution in [0.1, 0.15) is 36.6 Å². The maximum atomic E-state index is 12.5. The molecule has 0 bridgehead atoms. The van der Waals surface area contributed by atoms with Crippen LogP contribution in [0, 0.1) is 0 Å². The Kier molecular flexibility index (Phi) is 6.53. The smallest absolute Gasteiger partial charge is 0.340 e. The molecule has 1 aliphatic rings. The van der Waals surface area contributed by atoms with Crippen molar-refractivity contribution >= 4 is 41.0 Å². The van der Waals surface area contributed by atoms with Crippen LogP contribution in [0.2, 0.25) is 10.0 Å². The molecule has 9 heteroatoms. The fraction of sp³-hybridized carbons (Fsp3) is 0.125. The van der Waals surface area contributed by atoms with E-state index in [4.69, 9.17) is 37.4 Å². The molecule has 0 saturated carbocycles. The molecular weight excluding hydrogens is 469 g/mol. The number of benzene rings is 3. The summed E-state index contributed by atoms with van der Waals surface area (Å²) < 4.78 is 16.3. The molecule has 0 spiro atoms. The van der Waals surface area contributed by atoms with E-state index >= 15 is 0 Å². The molecule has 0 aliphatic carbocycles. The molecule has 1 aliphatic heterocycles. The summed E-state index contributed by atoms with van der Waals surface area (Å²) in [5.74, 6) is -1.05. The van der Waals surface area contributed by atoms with E-state index in [-0.39, 0.29) is 23.3 Å². The highest BCUT2D eigenvalue weighted by molar-refractivity contribution is 6.35. The van der Waals surface area contributed by atoms with Gasteiger partial charge in [0.25, 0.3) is 11.8 Å². The summed E-state index contributed by atoms with van der Waals surface area (Å²) in [6, 6.07) is 16.0. The summed E-state index contributed by atoms with van der Waals surface area (Å²) in [5.41, 5.74) is 1.46. The van der Waals surface area contributed by atoms with Crippen LogP contribution >= 0.6 is 23.2 Å². The van der Waals surface area contributed by atoms with E-state index in [0.717, 1.165) is 10.5 Å². The second-order valence-electron chi connectivity index (χ2n) is 7.03. The molecule has 1 heterocycles. The molecule has 0 unspecified atom stereocenters. The Morgan fingerprint density at radius 1 is 0.909 bits per heavy atom. The number of esters is 1. The third kappa shape index (κ3) is 4.65. The number of hydrogen-bond donors (Lipinski definition) is 0. The normalized spacial score (nSPS) is 12.5. The first-order valence-electron chi connectivity index (χ1n) is 9.76. The fourth-order valence-corrected chi connectivity index (χ4v) is 3.73. The van der Waals surface area contributed by atoms with Crippen LogP contribution in [0.3, 0.4) is 0 Å². The zero-order valence-electron chi connectivity index (χ0n) is 17.3. The molecule has 4 rings (SSSR count). The lowest BCUT2D eigenvalue weighted by molar-refractivity contribution is 0.0228. The molecule has 0 aromatic heterocycles. The Labute approximate surface area is 199 Å². The number of imide groups is 1. The summed E-state index contributed by atoms with van der Waals surface area (Å²) in [7, 11) is 1.44. The molecule has 0 saturated heterocycles. The minimum atomic E-state index is -0.725. The lowest BCUT2D eigenvalue weighted by atomic mass is 10.1. The summed E-state index contributed by atoms with van der Waals surface area (Å²) in [4.78, 5) is 38.2. The standard InChI is InChI=1S/C24H17Cl2NO6/c1-31-21-10-14(7-9-20(21)32-12-15-6-8-16(25)11-19(15)26)24(30)33-13-27-22(28)17-4-2-3-5-18(17)23(27)29/h2-11H,12-13H2,1H3. The number of methoxy groups -OCH3 is 1. The molecule has 0 atom stereocenters. The number of hydrogen-bond acceptors (Lipinski definition) is 6. The lowest BCUT2D eigenvalue weighted by Crippen LogP contribution is -2.33. The molecule has 2 amide bonds. The highest BCUT2D eigenvalue weighted by Gasteiger charge is 2.35. The van der Waals surface area contributed by atoms with Crippen LogP contribution in [0.15, 0.2) is 60.7 Å². The highest BCUT2D eigenvalue weighted by Crippen LogP contribution is 2.31. The first-order valence-corrected chi connectivity index (χ1v) is 10.5. The Morgan fingerprint density at radius 3 is 2.24 bits per heavy atom. The van der Waals surface area contributed by atoms with Gasteiger partial charge < -0.3 is 14.2 Å². The molecule has 168 valence electrons. The predicted molar refractivity (Wildman–Crippen MR) is 121 cm³/mol. The number of carbonyl (C=O) groups excluding carboxylic acids is 3. The minimum absolute atomic E-state index is 0.163. The molecule has 3 aromatic carbocycles. The fourth-order valence-electron chi connectivity index (χ4n) is 3.27. The number of rotatable bonds is 7. The van der Waals surface area contributed by atoms with Gasteiger partial charge in [-0.2, -0.15) is 0 Å². The number of fused-ring (bicyclic) bond motifs is 1. The summed E-state index contributed by atoms with van der Waals surface area (Å²) in [5, 5.41) is 0.986. The van der Waals surface area contributed by atoms with Gasteiger partial charge in [0.05, 0.1) is 23.8 Å². The van der Waals surface area contributed by atoms with Crippen molar-refractivity contribution in [2.45, 2.75) is 6.61 Å². The van der Waals surface area contributed by atoms with Gasteiger partial charge in [0.15, 0.2) is 18.2 Å². The molecular formula is C24H17Cl2NO6. The van der Waals surface area contributed by atoms with Crippen LogP contribution in [0.4, 0.5) is 0 Å². The Balaban J connectivity index is 1.41. The Hall–Kier alpha value is -3.55. The zero-order chi connectivity index (χ0) is 23.5. The average Bonchev–Trinajstić information content (AvgIpc) is 3.06. The van der Waals surface area contributed by atoms with E-state index in [1.165, 1.54) is 19.2 Å². The molecule has 0 N–H and O–H groups in total. The topological polar surface area (TPSA) is 82.1 Å². The second-order valence-corrected chi connectivity index (χ2v) is 7.88. The van der Waals surface area contributed by atoms with E-state index in [2.05, 4.69) is 0 Å². The Bertz CT molecular complexity index is 1220. The van der Waals surface area contributed by atoms with Crippen molar-refractivity contribution in [3.05, 3.63) is 93.0 Å². The number of carbonyl (C=O) groups is 3. The molecule has 3 aromatic rings. The van der Waals surface area contributed by atoms with Gasteiger partial charge in [0.2, 0.25) is 0 Å². The van der Waals surface area contributed by atoms with Crippen LogP contribution in [-0.2, 0) is 11.3 Å². The third-order valence-corrected chi connectivity index (χ3v) is 5.59. The Morgan fingerprint density at radius 2 is 1.61 bits per heavy atom.